The minimum Gasteiger partial charge on any atom is -0.380 e. The van der Waals surface area contributed by atoms with Gasteiger partial charge in [0.25, 0.3) is 5.91 Å². The quantitative estimate of drug-likeness (QED) is 0.570. The lowest BCUT2D eigenvalue weighted by molar-refractivity contribution is 0.0943. The van der Waals surface area contributed by atoms with Crippen LogP contribution < -0.4 is 5.32 Å². The van der Waals surface area contributed by atoms with Crippen molar-refractivity contribution < 1.29 is 9.53 Å². The van der Waals surface area contributed by atoms with Crippen LogP contribution in [0.1, 0.15) is 16.8 Å². The lowest BCUT2D eigenvalue weighted by Crippen LogP contribution is -2.25. The number of rotatable bonds is 7. The van der Waals surface area contributed by atoms with Gasteiger partial charge in [-0.05, 0) is 6.42 Å². The molecule has 1 heterocycles. The van der Waals surface area contributed by atoms with Crippen molar-refractivity contribution in [2.45, 2.75) is 6.42 Å². The van der Waals surface area contributed by atoms with E-state index < -0.39 is 0 Å². The van der Waals surface area contributed by atoms with E-state index in [1.54, 1.807) is 0 Å². The standard InChI is InChI=1S/C10H14ClN3O2/c11-2-5-16-4-1-3-14-10(15)9-6-12-8-13-7-9/h6-8H,1-5H2,(H,14,15). The number of nitrogens with zero attached hydrogens (tertiary/aromatic N) is 2. The van der Waals surface area contributed by atoms with Crippen LogP contribution in [0.25, 0.3) is 0 Å². The van der Waals surface area contributed by atoms with Gasteiger partial charge in [-0.2, -0.15) is 0 Å². The normalized spacial score (nSPS) is 10.1. The summed E-state index contributed by atoms with van der Waals surface area (Å²) in [6.07, 6.45) is 5.10. The average molecular weight is 244 g/mol. The molecular weight excluding hydrogens is 230 g/mol. The fourth-order valence-corrected chi connectivity index (χ4v) is 1.16. The van der Waals surface area contributed by atoms with E-state index in [0.29, 0.717) is 31.2 Å². The van der Waals surface area contributed by atoms with E-state index in [9.17, 15) is 4.79 Å². The Bertz CT molecular complexity index is 308. The molecule has 0 saturated carbocycles. The molecule has 0 saturated heterocycles. The lowest BCUT2D eigenvalue weighted by atomic mass is 10.3. The summed E-state index contributed by atoms with van der Waals surface area (Å²) < 4.78 is 5.16. The molecule has 1 aromatic heterocycles. The fraction of sp³-hybridized carbons (Fsp3) is 0.500. The highest BCUT2D eigenvalue weighted by molar-refractivity contribution is 6.17. The van der Waals surface area contributed by atoms with Crippen molar-refractivity contribution in [1.29, 1.82) is 0 Å². The molecule has 0 unspecified atom stereocenters. The Morgan fingerprint density at radius 2 is 2.12 bits per heavy atom. The number of hydrogen-bond donors (Lipinski definition) is 1. The van der Waals surface area contributed by atoms with Gasteiger partial charge >= 0.3 is 0 Å². The number of hydrogen-bond acceptors (Lipinski definition) is 4. The Labute approximate surface area is 99.2 Å². The van der Waals surface area contributed by atoms with E-state index in [1.807, 2.05) is 0 Å². The Hall–Kier alpha value is -1.20. The molecule has 0 aliphatic carbocycles. The second kappa shape index (κ2) is 8.01. The van der Waals surface area contributed by atoms with E-state index >= 15 is 0 Å². The zero-order valence-corrected chi connectivity index (χ0v) is 9.61. The smallest absolute Gasteiger partial charge is 0.254 e. The zero-order chi connectivity index (χ0) is 11.6. The third-order valence-electron chi connectivity index (χ3n) is 1.80. The van der Waals surface area contributed by atoms with Crippen LogP contribution in [0.15, 0.2) is 18.7 Å². The Balaban J connectivity index is 2.12. The van der Waals surface area contributed by atoms with Gasteiger partial charge in [0.05, 0.1) is 12.2 Å². The first-order chi connectivity index (χ1) is 7.84. The summed E-state index contributed by atoms with van der Waals surface area (Å²) >= 11 is 5.44. The molecule has 0 aromatic carbocycles. The van der Waals surface area contributed by atoms with Crippen molar-refractivity contribution in [1.82, 2.24) is 15.3 Å². The maximum absolute atomic E-state index is 11.5. The molecule has 5 nitrogen and oxygen atoms in total. The van der Waals surface area contributed by atoms with E-state index in [0.717, 1.165) is 6.42 Å². The second-order valence-corrected chi connectivity index (χ2v) is 3.42. The third kappa shape index (κ3) is 5.04. The Kier molecular flexibility index (Phi) is 6.44. The van der Waals surface area contributed by atoms with Gasteiger partial charge < -0.3 is 10.1 Å². The molecule has 1 N–H and O–H groups in total. The topological polar surface area (TPSA) is 64.1 Å². The number of nitrogens with one attached hydrogen (secondary N) is 1. The third-order valence-corrected chi connectivity index (χ3v) is 1.95. The molecule has 0 atom stereocenters. The summed E-state index contributed by atoms with van der Waals surface area (Å²) in [7, 11) is 0. The number of amides is 1. The molecule has 6 heteroatoms. The summed E-state index contributed by atoms with van der Waals surface area (Å²) in [5.74, 6) is 0.325. The second-order valence-electron chi connectivity index (χ2n) is 3.04. The number of alkyl halides is 1. The highest BCUT2D eigenvalue weighted by Gasteiger charge is 2.03. The molecule has 0 fully saturated rings. The molecule has 88 valence electrons. The minimum absolute atomic E-state index is 0.169. The highest BCUT2D eigenvalue weighted by Crippen LogP contribution is 1.92. The van der Waals surface area contributed by atoms with Gasteiger partial charge in [-0.3, -0.25) is 4.79 Å². The summed E-state index contributed by atoms with van der Waals surface area (Å²) in [4.78, 5) is 19.0. The van der Waals surface area contributed by atoms with Crippen LogP contribution in [0.5, 0.6) is 0 Å². The summed E-state index contributed by atoms with van der Waals surface area (Å²) in [6, 6.07) is 0. The van der Waals surface area contributed by atoms with Gasteiger partial charge in [-0.1, -0.05) is 0 Å². The number of carbonyl (C=O) groups is 1. The van der Waals surface area contributed by atoms with Crippen LogP contribution in [-0.2, 0) is 4.74 Å². The molecule has 16 heavy (non-hydrogen) atoms. The van der Waals surface area contributed by atoms with E-state index in [1.165, 1.54) is 18.7 Å². The van der Waals surface area contributed by atoms with Gasteiger partial charge in [0.2, 0.25) is 0 Å². The van der Waals surface area contributed by atoms with Crippen molar-refractivity contribution in [3.8, 4) is 0 Å². The van der Waals surface area contributed by atoms with E-state index in [2.05, 4.69) is 15.3 Å². The molecule has 0 bridgehead atoms. The average Bonchev–Trinajstić information content (AvgIpc) is 2.34. The van der Waals surface area contributed by atoms with Gasteiger partial charge in [0, 0.05) is 31.4 Å². The number of carbonyl (C=O) groups excluding carboxylic acids is 1. The van der Waals surface area contributed by atoms with E-state index in [-0.39, 0.29) is 5.91 Å². The number of halogens is 1. The van der Waals surface area contributed by atoms with Crippen molar-refractivity contribution in [2.24, 2.45) is 0 Å². The Morgan fingerprint density at radius 1 is 1.38 bits per heavy atom. The zero-order valence-electron chi connectivity index (χ0n) is 8.86. The predicted octanol–water partition coefficient (Wildman–Crippen LogP) is 0.852. The summed E-state index contributed by atoms with van der Waals surface area (Å²) in [6.45, 7) is 1.70. The molecule has 0 radical (unpaired) electrons. The van der Waals surface area contributed by atoms with Crippen LogP contribution in [0, 0.1) is 0 Å². The van der Waals surface area contributed by atoms with Gasteiger partial charge in [0.1, 0.15) is 6.33 Å². The molecule has 1 amide bonds. The van der Waals surface area contributed by atoms with Gasteiger partial charge in [-0.15, -0.1) is 11.6 Å². The monoisotopic (exact) mass is 243 g/mol. The molecular formula is C10H14ClN3O2. The van der Waals surface area contributed by atoms with Crippen LogP contribution >= 0.6 is 11.6 Å². The fourth-order valence-electron chi connectivity index (χ4n) is 1.05. The lowest BCUT2D eigenvalue weighted by Gasteiger charge is -2.04. The first-order valence-corrected chi connectivity index (χ1v) is 5.55. The van der Waals surface area contributed by atoms with Crippen molar-refractivity contribution in [2.75, 3.05) is 25.6 Å². The molecule has 0 spiro atoms. The van der Waals surface area contributed by atoms with Crippen molar-refractivity contribution >= 4 is 17.5 Å². The SMILES string of the molecule is O=C(NCCCOCCCl)c1cncnc1. The first kappa shape index (κ1) is 12.9. The maximum Gasteiger partial charge on any atom is 0.254 e. The first-order valence-electron chi connectivity index (χ1n) is 5.01. The van der Waals surface area contributed by atoms with Crippen molar-refractivity contribution in [3.05, 3.63) is 24.3 Å². The minimum atomic E-state index is -0.169. The van der Waals surface area contributed by atoms with Crippen LogP contribution in [0.3, 0.4) is 0 Å². The van der Waals surface area contributed by atoms with Gasteiger partial charge in [-0.25, -0.2) is 9.97 Å². The van der Waals surface area contributed by atoms with Crippen LogP contribution in [0.2, 0.25) is 0 Å². The number of ether oxygens (including phenoxy) is 1. The number of aromatic nitrogens is 2. The molecule has 1 rings (SSSR count). The van der Waals surface area contributed by atoms with E-state index in [4.69, 9.17) is 16.3 Å². The van der Waals surface area contributed by atoms with Crippen LogP contribution in [-0.4, -0.2) is 41.5 Å². The highest BCUT2D eigenvalue weighted by atomic mass is 35.5. The maximum atomic E-state index is 11.5. The molecule has 0 aliphatic rings. The van der Waals surface area contributed by atoms with Crippen LogP contribution in [0.4, 0.5) is 0 Å². The Morgan fingerprint density at radius 3 is 2.81 bits per heavy atom. The predicted molar refractivity (Wildman–Crippen MR) is 60.5 cm³/mol. The summed E-state index contributed by atoms with van der Waals surface area (Å²) in [5, 5.41) is 2.74. The summed E-state index contributed by atoms with van der Waals surface area (Å²) in [5.41, 5.74) is 0.462. The molecule has 1 aromatic rings. The van der Waals surface area contributed by atoms with Crippen molar-refractivity contribution in [3.63, 3.8) is 0 Å². The van der Waals surface area contributed by atoms with Gasteiger partial charge in [0.15, 0.2) is 0 Å². The molecule has 0 aliphatic heterocycles. The largest absolute Gasteiger partial charge is 0.380 e.